The zero-order valence-corrected chi connectivity index (χ0v) is 26.6. The van der Waals surface area contributed by atoms with Crippen molar-refractivity contribution < 1.29 is 9.18 Å². The number of likely N-dealkylation sites (tertiary alicyclic amines) is 1. The minimum atomic E-state index is -0.507. The van der Waals surface area contributed by atoms with Gasteiger partial charge < -0.3 is 10.6 Å². The van der Waals surface area contributed by atoms with Gasteiger partial charge in [0.2, 0.25) is 0 Å². The monoisotopic (exact) mass is 636 g/mol. The van der Waals surface area contributed by atoms with Crippen LogP contribution in [0.3, 0.4) is 0 Å². The van der Waals surface area contributed by atoms with Crippen LogP contribution in [0.5, 0.6) is 0 Å². The second-order valence-electron chi connectivity index (χ2n) is 12.5. The molecule has 1 saturated heterocycles. The van der Waals surface area contributed by atoms with Crippen molar-refractivity contribution in [3.05, 3.63) is 112 Å². The summed E-state index contributed by atoms with van der Waals surface area (Å²) in [4.78, 5) is 20.0. The molecule has 0 aliphatic carbocycles. The first-order chi connectivity index (χ1) is 22.1. The molecule has 9 nitrogen and oxygen atoms in total. The number of hydrogen-bond donors (Lipinski definition) is 2. The normalized spacial score (nSPS) is 15.0. The summed E-state index contributed by atoms with van der Waals surface area (Å²) < 4.78 is 15.9. The van der Waals surface area contributed by atoms with Crippen LogP contribution in [0.1, 0.15) is 72.9 Å². The number of piperidine rings is 1. The molecule has 5 aromatic rings. The second kappa shape index (κ2) is 12.9. The number of nitrogens with zero attached hydrogens (tertiary/aromatic N) is 6. The van der Waals surface area contributed by atoms with Crippen molar-refractivity contribution >= 4 is 39.8 Å². The molecule has 0 radical (unpaired) electrons. The fourth-order valence-corrected chi connectivity index (χ4v) is 6.16. The van der Waals surface area contributed by atoms with Crippen LogP contribution in [-0.2, 0) is 0 Å². The topological polar surface area (TPSA) is 112 Å². The summed E-state index contributed by atoms with van der Waals surface area (Å²) in [6, 6.07) is 20.3. The Morgan fingerprint density at radius 3 is 2.48 bits per heavy atom. The van der Waals surface area contributed by atoms with Gasteiger partial charge in [-0.1, -0.05) is 47.1 Å². The van der Waals surface area contributed by atoms with Gasteiger partial charge in [0.25, 0.3) is 5.91 Å². The van der Waals surface area contributed by atoms with Crippen molar-refractivity contribution in [2.75, 3.05) is 23.7 Å². The van der Waals surface area contributed by atoms with E-state index in [0.29, 0.717) is 38.6 Å². The Balaban J connectivity index is 1.35. The molecule has 0 spiro atoms. The number of benzene rings is 3. The van der Waals surface area contributed by atoms with Gasteiger partial charge in [-0.15, -0.1) is 5.10 Å². The molecule has 11 heteroatoms. The summed E-state index contributed by atoms with van der Waals surface area (Å²) in [5.41, 5.74) is 3.51. The SMILES string of the molecule is CC(C)(C)N1CCC(n2cc(C(Nc3cc(Cl)c4ncc(C#N)c(NC(=O)c5ccccc5)c4c3)c3ccc(F)cc3)nn2)CC1. The third-order valence-electron chi connectivity index (χ3n) is 8.45. The van der Waals surface area contributed by atoms with E-state index in [0.717, 1.165) is 31.5 Å². The van der Waals surface area contributed by atoms with E-state index >= 15 is 0 Å². The second-order valence-corrected chi connectivity index (χ2v) is 12.9. The maximum atomic E-state index is 14.0. The van der Waals surface area contributed by atoms with Gasteiger partial charge in [0.1, 0.15) is 17.6 Å². The maximum Gasteiger partial charge on any atom is 0.255 e. The lowest BCUT2D eigenvalue weighted by Crippen LogP contribution is -2.46. The highest BCUT2D eigenvalue weighted by molar-refractivity contribution is 6.36. The van der Waals surface area contributed by atoms with Crippen LogP contribution in [0, 0.1) is 17.1 Å². The van der Waals surface area contributed by atoms with Crippen LogP contribution in [-0.4, -0.2) is 49.4 Å². The third-order valence-corrected chi connectivity index (χ3v) is 8.73. The van der Waals surface area contributed by atoms with Crippen LogP contribution in [0.25, 0.3) is 10.9 Å². The molecular formula is C35H34ClFN8O. The van der Waals surface area contributed by atoms with Gasteiger partial charge in [-0.05, 0) is 75.6 Å². The van der Waals surface area contributed by atoms with Crippen molar-refractivity contribution in [1.82, 2.24) is 24.9 Å². The summed E-state index contributed by atoms with van der Waals surface area (Å²) in [6.07, 6.45) is 5.26. The van der Waals surface area contributed by atoms with E-state index in [4.69, 9.17) is 11.6 Å². The van der Waals surface area contributed by atoms with E-state index in [-0.39, 0.29) is 28.9 Å². The van der Waals surface area contributed by atoms with Gasteiger partial charge in [-0.2, -0.15) is 5.26 Å². The highest BCUT2D eigenvalue weighted by atomic mass is 35.5. The Morgan fingerprint density at radius 1 is 1.09 bits per heavy atom. The largest absolute Gasteiger partial charge is 0.373 e. The first-order valence-electron chi connectivity index (χ1n) is 15.2. The van der Waals surface area contributed by atoms with Gasteiger partial charge in [0, 0.05) is 41.5 Å². The van der Waals surface area contributed by atoms with Crippen LogP contribution in [0.2, 0.25) is 5.02 Å². The van der Waals surface area contributed by atoms with Gasteiger partial charge in [0.05, 0.1) is 40.1 Å². The first kappa shape index (κ1) is 31.1. The molecule has 1 aliphatic rings. The Labute approximate surface area is 272 Å². The number of halogens is 2. The summed E-state index contributed by atoms with van der Waals surface area (Å²) in [5.74, 6) is -0.715. The van der Waals surface area contributed by atoms with Crippen LogP contribution in [0.15, 0.2) is 79.1 Å². The average molecular weight is 637 g/mol. The lowest BCUT2D eigenvalue weighted by molar-refractivity contribution is 0.0866. The Morgan fingerprint density at radius 2 is 1.80 bits per heavy atom. The fourth-order valence-electron chi connectivity index (χ4n) is 5.89. The van der Waals surface area contributed by atoms with Crippen molar-refractivity contribution in [1.29, 1.82) is 5.26 Å². The summed E-state index contributed by atoms with van der Waals surface area (Å²) in [6.45, 7) is 8.64. The van der Waals surface area contributed by atoms with Crippen LogP contribution < -0.4 is 10.6 Å². The van der Waals surface area contributed by atoms with Gasteiger partial charge in [-0.3, -0.25) is 14.7 Å². The number of pyridine rings is 1. The Bertz CT molecular complexity index is 1910. The molecule has 1 unspecified atom stereocenters. The van der Waals surface area contributed by atoms with E-state index in [1.165, 1.54) is 18.3 Å². The summed E-state index contributed by atoms with van der Waals surface area (Å²) in [7, 11) is 0. The molecule has 1 amide bonds. The molecule has 2 aromatic heterocycles. The van der Waals surface area contributed by atoms with Crippen LogP contribution in [0.4, 0.5) is 15.8 Å². The lowest BCUT2D eigenvalue weighted by Gasteiger charge is -2.40. The molecule has 0 bridgehead atoms. The Kier molecular flexibility index (Phi) is 8.71. The third kappa shape index (κ3) is 6.57. The summed E-state index contributed by atoms with van der Waals surface area (Å²) in [5, 5.41) is 26.2. The molecule has 1 atom stereocenters. The molecular weight excluding hydrogens is 603 g/mol. The molecule has 1 aliphatic heterocycles. The van der Waals surface area contributed by atoms with Crippen molar-refractivity contribution in [2.24, 2.45) is 0 Å². The van der Waals surface area contributed by atoms with Crippen molar-refractivity contribution in [3.63, 3.8) is 0 Å². The van der Waals surface area contributed by atoms with E-state index in [1.807, 2.05) is 16.9 Å². The molecule has 3 heterocycles. The van der Waals surface area contributed by atoms with Crippen LogP contribution >= 0.6 is 11.6 Å². The first-order valence-corrected chi connectivity index (χ1v) is 15.6. The van der Waals surface area contributed by atoms with E-state index < -0.39 is 6.04 Å². The number of carbonyl (C=O) groups is 1. The zero-order chi connectivity index (χ0) is 32.4. The minimum absolute atomic E-state index is 0.116. The minimum Gasteiger partial charge on any atom is -0.373 e. The van der Waals surface area contributed by atoms with Gasteiger partial charge in [0.15, 0.2) is 0 Å². The smallest absolute Gasteiger partial charge is 0.255 e. The molecule has 2 N–H and O–H groups in total. The van der Waals surface area contributed by atoms with Gasteiger partial charge in [-0.25, -0.2) is 9.07 Å². The number of hydrogen-bond acceptors (Lipinski definition) is 7. The molecule has 0 saturated carbocycles. The number of nitrogens with one attached hydrogen (secondary N) is 2. The number of aromatic nitrogens is 4. The predicted molar refractivity (Wildman–Crippen MR) is 177 cm³/mol. The van der Waals surface area contributed by atoms with Crippen molar-refractivity contribution in [3.8, 4) is 6.07 Å². The fraction of sp³-hybridized carbons (Fsp3) is 0.286. The maximum absolute atomic E-state index is 14.0. The predicted octanol–water partition coefficient (Wildman–Crippen LogP) is 7.38. The van der Waals surface area contributed by atoms with E-state index in [9.17, 15) is 14.4 Å². The summed E-state index contributed by atoms with van der Waals surface area (Å²) >= 11 is 6.75. The highest BCUT2D eigenvalue weighted by Crippen LogP contribution is 2.36. The molecule has 6 rings (SSSR count). The number of anilines is 2. The number of amides is 1. The zero-order valence-electron chi connectivity index (χ0n) is 25.8. The number of nitriles is 1. The van der Waals surface area contributed by atoms with E-state index in [2.05, 4.69) is 57.7 Å². The molecule has 1 fully saturated rings. The Hall–Kier alpha value is -4.85. The molecule has 234 valence electrons. The lowest BCUT2D eigenvalue weighted by atomic mass is 9.98. The number of carbonyl (C=O) groups excluding carboxylic acids is 1. The van der Waals surface area contributed by atoms with E-state index in [1.54, 1.807) is 48.5 Å². The standard InChI is InChI=1S/C35H34ClFN8O/c1-35(2,3)44-15-13-27(14-16-44)45-21-30(42-43-45)32(22-9-11-25(37)12-10-22)40-26-17-28-31(41-34(46)23-7-5-4-6-8-23)24(19-38)20-39-33(28)29(36)18-26/h4-12,17-18,20-21,27,32,40H,13-16H2,1-3H3,(H,39,41,46). The highest BCUT2D eigenvalue weighted by Gasteiger charge is 2.29. The molecule has 46 heavy (non-hydrogen) atoms. The number of rotatable bonds is 7. The average Bonchev–Trinajstić information content (AvgIpc) is 3.55. The number of fused-ring (bicyclic) bond motifs is 1. The van der Waals surface area contributed by atoms with Crippen molar-refractivity contribution in [2.45, 2.75) is 51.2 Å². The van der Waals surface area contributed by atoms with Gasteiger partial charge >= 0.3 is 0 Å². The quantitative estimate of drug-likeness (QED) is 0.192. The molecule has 3 aromatic carbocycles.